The van der Waals surface area contributed by atoms with Crippen LogP contribution in [0.1, 0.15) is 33.3 Å². The summed E-state index contributed by atoms with van der Waals surface area (Å²) in [5, 5.41) is 0. The van der Waals surface area contributed by atoms with Crippen LogP contribution < -0.4 is 0 Å². The van der Waals surface area contributed by atoms with Crippen LogP contribution in [0.5, 0.6) is 0 Å². The summed E-state index contributed by atoms with van der Waals surface area (Å²) in [6.45, 7) is 12.7. The normalized spacial score (nSPS) is 11.7. The van der Waals surface area contributed by atoms with E-state index in [9.17, 15) is 0 Å². The Morgan fingerprint density at radius 3 is 2.00 bits per heavy atom. The third kappa shape index (κ3) is 6.77. The molecule has 1 aromatic rings. The fourth-order valence-corrected chi connectivity index (χ4v) is 2.08. The Morgan fingerprint density at radius 2 is 1.50 bits per heavy atom. The molecule has 0 spiro atoms. The molecule has 0 saturated carbocycles. The van der Waals surface area contributed by atoms with E-state index in [-0.39, 0.29) is 0 Å². The minimum Gasteiger partial charge on any atom is -0.361 e. The molecule has 0 aliphatic rings. The van der Waals surface area contributed by atoms with Gasteiger partial charge in [0.1, 0.15) is 0 Å². The van der Waals surface area contributed by atoms with Crippen molar-refractivity contribution in [3.8, 4) is 0 Å². The van der Waals surface area contributed by atoms with Gasteiger partial charge in [-0.15, -0.1) is 0 Å². The molecule has 0 atom stereocenters. The summed E-state index contributed by atoms with van der Waals surface area (Å²) in [5.74, 6) is 1.37. The molecule has 0 aliphatic carbocycles. The second kappa shape index (κ2) is 8.28. The summed E-state index contributed by atoms with van der Waals surface area (Å²) >= 11 is 0. The van der Waals surface area contributed by atoms with Gasteiger partial charge in [0.05, 0.1) is 13.3 Å². The smallest absolute Gasteiger partial charge is 0.0995 e. The summed E-state index contributed by atoms with van der Waals surface area (Å²) < 4.78 is 5.81. The van der Waals surface area contributed by atoms with Gasteiger partial charge in [-0.2, -0.15) is 0 Å². The fourth-order valence-electron chi connectivity index (χ4n) is 2.08. The van der Waals surface area contributed by atoms with Crippen LogP contribution in [0.25, 0.3) is 0 Å². The Morgan fingerprint density at radius 1 is 0.944 bits per heavy atom. The van der Waals surface area contributed by atoms with Crippen molar-refractivity contribution in [1.29, 1.82) is 0 Å². The first-order valence-electron chi connectivity index (χ1n) is 6.92. The van der Waals surface area contributed by atoms with Gasteiger partial charge in [0.25, 0.3) is 0 Å². The molecule has 0 unspecified atom stereocenters. The highest BCUT2D eigenvalue weighted by molar-refractivity contribution is 5.13. The van der Waals surface area contributed by atoms with Crippen molar-refractivity contribution in [2.75, 3.05) is 19.8 Å². The molecular formula is C16H27NO. The van der Waals surface area contributed by atoms with Gasteiger partial charge < -0.3 is 4.74 Å². The lowest BCUT2D eigenvalue weighted by Gasteiger charge is -2.25. The van der Waals surface area contributed by atoms with E-state index in [1.54, 1.807) is 0 Å². The lowest BCUT2D eigenvalue weighted by atomic mass is 10.1. The number of rotatable bonds is 8. The summed E-state index contributed by atoms with van der Waals surface area (Å²) in [4.78, 5) is 2.40. The van der Waals surface area contributed by atoms with Crippen molar-refractivity contribution in [2.45, 2.75) is 34.3 Å². The van der Waals surface area contributed by atoms with Crippen molar-refractivity contribution in [3.63, 3.8) is 0 Å². The summed E-state index contributed by atoms with van der Waals surface area (Å²) in [6, 6.07) is 10.4. The molecule has 0 aliphatic heterocycles. The highest BCUT2D eigenvalue weighted by Crippen LogP contribution is 2.06. The zero-order valence-electron chi connectivity index (χ0n) is 12.2. The zero-order valence-corrected chi connectivity index (χ0v) is 12.2. The third-order valence-corrected chi connectivity index (χ3v) is 2.63. The molecular weight excluding hydrogens is 222 g/mol. The summed E-state index contributed by atoms with van der Waals surface area (Å²) in [6.07, 6.45) is 0. The van der Waals surface area contributed by atoms with Gasteiger partial charge in [-0.1, -0.05) is 58.0 Å². The number of hydrogen-bond donors (Lipinski definition) is 0. The van der Waals surface area contributed by atoms with Gasteiger partial charge in [-0.05, 0) is 17.4 Å². The molecule has 102 valence electrons. The lowest BCUT2D eigenvalue weighted by Crippen LogP contribution is -2.33. The zero-order chi connectivity index (χ0) is 13.4. The van der Waals surface area contributed by atoms with Crippen LogP contribution in [-0.4, -0.2) is 24.7 Å². The highest BCUT2D eigenvalue weighted by Gasteiger charge is 2.09. The first-order valence-corrected chi connectivity index (χ1v) is 6.92. The molecule has 0 bridgehead atoms. The molecule has 2 heteroatoms. The number of ether oxygens (including phenoxy) is 1. The van der Waals surface area contributed by atoms with Crippen molar-refractivity contribution >= 4 is 0 Å². The van der Waals surface area contributed by atoms with Crippen molar-refractivity contribution in [1.82, 2.24) is 4.90 Å². The Kier molecular flexibility index (Phi) is 6.99. The highest BCUT2D eigenvalue weighted by atomic mass is 16.5. The Balaban J connectivity index is 2.32. The molecule has 0 N–H and O–H groups in total. The average molecular weight is 249 g/mol. The van der Waals surface area contributed by atoms with Gasteiger partial charge in [0.15, 0.2) is 0 Å². The van der Waals surface area contributed by atoms with E-state index in [0.29, 0.717) is 18.4 Å². The van der Waals surface area contributed by atoms with E-state index in [2.05, 4.69) is 56.9 Å². The van der Waals surface area contributed by atoms with Crippen molar-refractivity contribution in [2.24, 2.45) is 11.8 Å². The average Bonchev–Trinajstić information content (AvgIpc) is 2.28. The second-order valence-electron chi connectivity index (χ2n) is 5.79. The van der Waals surface area contributed by atoms with Crippen LogP contribution in [0.2, 0.25) is 0 Å². The molecule has 1 aromatic carbocycles. The molecule has 18 heavy (non-hydrogen) atoms. The second-order valence-corrected chi connectivity index (χ2v) is 5.79. The number of benzene rings is 1. The van der Waals surface area contributed by atoms with Gasteiger partial charge in [0.2, 0.25) is 0 Å². The van der Waals surface area contributed by atoms with Crippen LogP contribution in [0.4, 0.5) is 0 Å². The number of nitrogens with zero attached hydrogens (tertiary/aromatic N) is 1. The Bertz CT molecular complexity index is 298. The van der Waals surface area contributed by atoms with Crippen LogP contribution >= 0.6 is 0 Å². The summed E-state index contributed by atoms with van der Waals surface area (Å²) in [5.41, 5.74) is 1.24. The summed E-state index contributed by atoms with van der Waals surface area (Å²) in [7, 11) is 0. The van der Waals surface area contributed by atoms with Gasteiger partial charge in [0, 0.05) is 13.1 Å². The van der Waals surface area contributed by atoms with Gasteiger partial charge in [-0.25, -0.2) is 0 Å². The molecule has 0 heterocycles. The predicted molar refractivity (Wildman–Crippen MR) is 77.3 cm³/mol. The van der Waals surface area contributed by atoms with Crippen LogP contribution in [0.15, 0.2) is 30.3 Å². The minimum absolute atomic E-state index is 0.684. The van der Waals surface area contributed by atoms with E-state index < -0.39 is 0 Å². The van der Waals surface area contributed by atoms with Crippen molar-refractivity contribution in [3.05, 3.63) is 35.9 Å². The van der Waals surface area contributed by atoms with Crippen LogP contribution in [0.3, 0.4) is 0 Å². The molecule has 0 saturated heterocycles. The van der Waals surface area contributed by atoms with Crippen LogP contribution in [0, 0.1) is 11.8 Å². The predicted octanol–water partition coefficient (Wildman–Crippen LogP) is 3.77. The third-order valence-electron chi connectivity index (χ3n) is 2.63. The Hall–Kier alpha value is -0.860. The fraction of sp³-hybridized carbons (Fsp3) is 0.625. The largest absolute Gasteiger partial charge is 0.361 e. The minimum atomic E-state index is 0.684. The van der Waals surface area contributed by atoms with E-state index in [1.807, 2.05) is 6.07 Å². The van der Waals surface area contributed by atoms with Gasteiger partial charge in [-0.3, -0.25) is 4.90 Å². The molecule has 0 aromatic heterocycles. The maximum Gasteiger partial charge on any atom is 0.0995 e. The van der Waals surface area contributed by atoms with E-state index in [0.717, 1.165) is 19.8 Å². The SMILES string of the molecule is CC(C)CN(COCc1ccccc1)CC(C)C. The Labute approximate surface area is 112 Å². The van der Waals surface area contributed by atoms with E-state index >= 15 is 0 Å². The molecule has 0 amide bonds. The monoisotopic (exact) mass is 249 g/mol. The standard InChI is InChI=1S/C16H27NO/c1-14(2)10-17(11-15(3)4)13-18-12-16-8-6-5-7-9-16/h5-9,14-15H,10-13H2,1-4H3. The molecule has 0 radical (unpaired) electrons. The van der Waals surface area contributed by atoms with E-state index in [4.69, 9.17) is 4.74 Å². The quantitative estimate of drug-likeness (QED) is 0.650. The molecule has 0 fully saturated rings. The lowest BCUT2D eigenvalue weighted by molar-refractivity contribution is 0.00756. The van der Waals surface area contributed by atoms with Crippen molar-refractivity contribution < 1.29 is 4.74 Å². The number of hydrogen-bond acceptors (Lipinski definition) is 2. The van der Waals surface area contributed by atoms with E-state index in [1.165, 1.54) is 5.56 Å². The molecule has 1 rings (SSSR count). The van der Waals surface area contributed by atoms with Crippen LogP contribution in [-0.2, 0) is 11.3 Å². The maximum absolute atomic E-state index is 5.81. The topological polar surface area (TPSA) is 12.5 Å². The first kappa shape index (κ1) is 15.2. The first-order chi connectivity index (χ1) is 8.58. The maximum atomic E-state index is 5.81. The van der Waals surface area contributed by atoms with Gasteiger partial charge >= 0.3 is 0 Å². The molecule has 2 nitrogen and oxygen atoms in total.